The van der Waals surface area contributed by atoms with Crippen LogP contribution in [0.2, 0.25) is 0 Å². The van der Waals surface area contributed by atoms with Crippen LogP contribution in [0.1, 0.15) is 23.2 Å². The van der Waals surface area contributed by atoms with Crippen LogP contribution < -0.4 is 11.1 Å². The Bertz CT molecular complexity index is 592. The minimum Gasteiger partial charge on any atom is -0.399 e. The van der Waals surface area contributed by atoms with E-state index in [1.807, 2.05) is 24.4 Å². The summed E-state index contributed by atoms with van der Waals surface area (Å²) in [6, 6.07) is 5.48. The molecule has 0 spiro atoms. The number of nitrogens with two attached hydrogens (primary N) is 1. The molecule has 0 atom stereocenters. The highest BCUT2D eigenvalue weighted by molar-refractivity contribution is 7.09. The van der Waals surface area contributed by atoms with Crippen LogP contribution in [0.4, 0.5) is 11.4 Å². The van der Waals surface area contributed by atoms with Crippen molar-refractivity contribution in [1.29, 1.82) is 0 Å². The zero-order valence-electron chi connectivity index (χ0n) is 11.1. The maximum absolute atomic E-state index is 12.0. The number of carbonyl (C=O) groups is 1. The van der Waals surface area contributed by atoms with Gasteiger partial charge in [0, 0.05) is 16.8 Å². The highest BCUT2D eigenvalue weighted by atomic mass is 32.1. The molecule has 0 aliphatic carbocycles. The molecule has 2 aromatic rings. The monoisotopic (exact) mass is 275 g/mol. The van der Waals surface area contributed by atoms with E-state index in [9.17, 15) is 4.79 Å². The van der Waals surface area contributed by atoms with E-state index in [2.05, 4.69) is 17.2 Å². The quantitative estimate of drug-likeness (QED) is 0.843. The summed E-state index contributed by atoms with van der Waals surface area (Å²) < 4.78 is 0. The van der Waals surface area contributed by atoms with Crippen molar-refractivity contribution >= 4 is 28.6 Å². The van der Waals surface area contributed by atoms with Gasteiger partial charge < -0.3 is 11.1 Å². The number of nitrogens with zero attached hydrogens (tertiary/aromatic N) is 1. The lowest BCUT2D eigenvalue weighted by atomic mass is 10.1. The number of aromatic nitrogens is 1. The SMILES string of the molecule is CCc1nc(CC(=O)Nc2cc(N)ccc2C)cs1. The normalized spacial score (nSPS) is 10.4. The Balaban J connectivity index is 2.03. The molecule has 0 unspecified atom stereocenters. The van der Waals surface area contributed by atoms with Crippen molar-refractivity contribution in [2.24, 2.45) is 0 Å². The Labute approximate surface area is 116 Å². The average molecular weight is 275 g/mol. The van der Waals surface area contributed by atoms with Crippen molar-refractivity contribution in [2.45, 2.75) is 26.7 Å². The van der Waals surface area contributed by atoms with Gasteiger partial charge in [0.15, 0.2) is 0 Å². The number of aryl methyl sites for hydroxylation is 2. The number of hydrogen-bond acceptors (Lipinski definition) is 4. The van der Waals surface area contributed by atoms with Gasteiger partial charge in [0.2, 0.25) is 5.91 Å². The summed E-state index contributed by atoms with van der Waals surface area (Å²) in [6.07, 6.45) is 1.20. The number of nitrogen functional groups attached to an aromatic ring is 1. The molecule has 0 aliphatic heterocycles. The summed E-state index contributed by atoms with van der Waals surface area (Å²) in [6.45, 7) is 3.99. The Morgan fingerprint density at radius 3 is 2.95 bits per heavy atom. The minimum absolute atomic E-state index is 0.0679. The van der Waals surface area contributed by atoms with Gasteiger partial charge in [-0.3, -0.25) is 4.79 Å². The first-order chi connectivity index (χ1) is 9.08. The van der Waals surface area contributed by atoms with Gasteiger partial charge in [0.25, 0.3) is 0 Å². The molecule has 0 radical (unpaired) electrons. The third-order valence-electron chi connectivity index (χ3n) is 2.78. The molecule has 3 N–H and O–H groups in total. The highest BCUT2D eigenvalue weighted by Crippen LogP contribution is 2.18. The lowest BCUT2D eigenvalue weighted by Crippen LogP contribution is -2.15. The van der Waals surface area contributed by atoms with Crippen LogP contribution >= 0.6 is 11.3 Å². The summed E-state index contributed by atoms with van der Waals surface area (Å²) in [7, 11) is 0. The third kappa shape index (κ3) is 3.54. The molecule has 4 nitrogen and oxygen atoms in total. The molecule has 1 aromatic heterocycles. The molecular formula is C14H17N3OS. The Hall–Kier alpha value is -1.88. The second kappa shape index (κ2) is 5.84. The summed E-state index contributed by atoms with van der Waals surface area (Å²) >= 11 is 1.59. The van der Waals surface area contributed by atoms with Crippen LogP contribution in [0.15, 0.2) is 23.6 Å². The largest absolute Gasteiger partial charge is 0.399 e. The second-order valence-corrected chi connectivity index (χ2v) is 5.33. The van der Waals surface area contributed by atoms with Crippen LogP contribution in [0.5, 0.6) is 0 Å². The second-order valence-electron chi connectivity index (χ2n) is 4.39. The number of hydrogen-bond donors (Lipinski definition) is 2. The van der Waals surface area contributed by atoms with Crippen LogP contribution in [0.25, 0.3) is 0 Å². The fourth-order valence-corrected chi connectivity index (χ4v) is 2.47. The lowest BCUT2D eigenvalue weighted by Gasteiger charge is -2.08. The molecular weight excluding hydrogens is 258 g/mol. The topological polar surface area (TPSA) is 68.0 Å². The maximum Gasteiger partial charge on any atom is 0.230 e. The molecule has 1 heterocycles. The molecule has 0 bridgehead atoms. The van der Waals surface area contributed by atoms with E-state index in [1.165, 1.54) is 0 Å². The van der Waals surface area contributed by atoms with Gasteiger partial charge in [0.05, 0.1) is 17.1 Å². The first-order valence-corrected chi connectivity index (χ1v) is 7.05. The fourth-order valence-electron chi connectivity index (χ4n) is 1.73. The van der Waals surface area contributed by atoms with Gasteiger partial charge in [-0.25, -0.2) is 4.98 Å². The van der Waals surface area contributed by atoms with Crippen molar-refractivity contribution in [1.82, 2.24) is 4.98 Å². The lowest BCUT2D eigenvalue weighted by molar-refractivity contribution is -0.115. The van der Waals surface area contributed by atoms with Crippen molar-refractivity contribution < 1.29 is 4.79 Å². The molecule has 0 fully saturated rings. The summed E-state index contributed by atoms with van der Waals surface area (Å²) in [5.74, 6) is -0.0679. The number of amides is 1. The van der Waals surface area contributed by atoms with E-state index in [1.54, 1.807) is 17.4 Å². The van der Waals surface area contributed by atoms with Crippen LogP contribution in [0, 0.1) is 6.92 Å². The Morgan fingerprint density at radius 2 is 2.26 bits per heavy atom. The Kier molecular flexibility index (Phi) is 4.16. The standard InChI is InChI=1S/C14H17N3OS/c1-3-14-16-11(8-19-14)7-13(18)17-12-6-10(15)5-4-9(12)2/h4-6,8H,3,7,15H2,1-2H3,(H,17,18). The van der Waals surface area contributed by atoms with Gasteiger partial charge in [-0.2, -0.15) is 0 Å². The van der Waals surface area contributed by atoms with Gasteiger partial charge in [0.1, 0.15) is 0 Å². The summed E-state index contributed by atoms with van der Waals surface area (Å²) in [5, 5.41) is 5.87. The molecule has 2 rings (SSSR count). The van der Waals surface area contributed by atoms with E-state index in [0.29, 0.717) is 12.1 Å². The van der Waals surface area contributed by atoms with Crippen molar-refractivity contribution in [3.8, 4) is 0 Å². The van der Waals surface area contributed by atoms with E-state index in [-0.39, 0.29) is 5.91 Å². The number of carbonyl (C=O) groups excluding carboxylic acids is 1. The minimum atomic E-state index is -0.0679. The number of benzene rings is 1. The number of anilines is 2. The first kappa shape index (κ1) is 13.5. The van der Waals surface area contributed by atoms with E-state index < -0.39 is 0 Å². The predicted octanol–water partition coefficient (Wildman–Crippen LogP) is 2.78. The van der Waals surface area contributed by atoms with E-state index >= 15 is 0 Å². The summed E-state index contributed by atoms with van der Waals surface area (Å²) in [4.78, 5) is 16.3. The highest BCUT2D eigenvalue weighted by Gasteiger charge is 2.09. The first-order valence-electron chi connectivity index (χ1n) is 6.17. The van der Waals surface area contributed by atoms with Crippen LogP contribution in [0.3, 0.4) is 0 Å². The van der Waals surface area contributed by atoms with E-state index in [0.717, 1.165) is 28.4 Å². The van der Waals surface area contributed by atoms with Crippen LogP contribution in [-0.2, 0) is 17.6 Å². The fraction of sp³-hybridized carbons (Fsp3) is 0.286. The predicted molar refractivity (Wildman–Crippen MR) is 79.4 cm³/mol. The van der Waals surface area contributed by atoms with Gasteiger partial charge in [-0.15, -0.1) is 11.3 Å². The van der Waals surface area contributed by atoms with Gasteiger partial charge in [-0.1, -0.05) is 13.0 Å². The number of rotatable bonds is 4. The molecule has 1 amide bonds. The maximum atomic E-state index is 12.0. The van der Waals surface area contributed by atoms with Gasteiger partial charge in [-0.05, 0) is 31.0 Å². The molecule has 19 heavy (non-hydrogen) atoms. The Morgan fingerprint density at radius 1 is 1.47 bits per heavy atom. The van der Waals surface area contributed by atoms with Crippen molar-refractivity contribution in [2.75, 3.05) is 11.1 Å². The average Bonchev–Trinajstić information content (AvgIpc) is 2.81. The van der Waals surface area contributed by atoms with Crippen molar-refractivity contribution in [3.63, 3.8) is 0 Å². The zero-order chi connectivity index (χ0) is 13.8. The molecule has 0 saturated carbocycles. The number of nitrogens with one attached hydrogen (secondary N) is 1. The zero-order valence-corrected chi connectivity index (χ0v) is 11.9. The molecule has 0 aliphatic rings. The molecule has 100 valence electrons. The summed E-state index contributed by atoms with van der Waals surface area (Å²) in [5.41, 5.74) is 8.93. The smallest absolute Gasteiger partial charge is 0.230 e. The molecule has 1 aromatic carbocycles. The molecule has 5 heteroatoms. The molecule has 0 saturated heterocycles. The van der Waals surface area contributed by atoms with Crippen LogP contribution in [-0.4, -0.2) is 10.9 Å². The third-order valence-corrected chi connectivity index (χ3v) is 3.82. The number of thiazole rings is 1. The van der Waals surface area contributed by atoms with E-state index in [4.69, 9.17) is 5.73 Å². The van der Waals surface area contributed by atoms with Crippen molar-refractivity contribution in [3.05, 3.63) is 39.8 Å². The van der Waals surface area contributed by atoms with Gasteiger partial charge >= 0.3 is 0 Å².